The molecule has 84 valence electrons. The summed E-state index contributed by atoms with van der Waals surface area (Å²) in [5.41, 5.74) is 1.68. The van der Waals surface area contributed by atoms with Crippen LogP contribution in [0.25, 0.3) is 11.0 Å². The average Bonchev–Trinajstić information content (AvgIpc) is 2.78. The van der Waals surface area contributed by atoms with Crippen LogP contribution in [0.2, 0.25) is 0 Å². The van der Waals surface area contributed by atoms with Crippen molar-refractivity contribution in [3.05, 3.63) is 42.6 Å². The largest absolute Gasteiger partial charge is 0.345 e. The molecule has 3 aromatic rings. The number of aromatic nitrogens is 4. The van der Waals surface area contributed by atoms with Gasteiger partial charge in [0.2, 0.25) is 0 Å². The van der Waals surface area contributed by atoms with E-state index in [9.17, 15) is 4.39 Å². The lowest BCUT2D eigenvalue weighted by atomic mass is 10.2. The monoisotopic (exact) mass is 229 g/mol. The summed E-state index contributed by atoms with van der Waals surface area (Å²) in [6.07, 6.45) is 3.08. The van der Waals surface area contributed by atoms with Gasteiger partial charge in [-0.05, 0) is 18.2 Å². The minimum Gasteiger partial charge on any atom is -0.345 e. The third-order valence-corrected chi connectivity index (χ3v) is 2.34. The smallest absolute Gasteiger partial charge is 0.153 e. The van der Waals surface area contributed by atoms with E-state index in [-0.39, 0.29) is 5.82 Å². The van der Waals surface area contributed by atoms with Crippen molar-refractivity contribution in [3.8, 4) is 0 Å². The molecule has 0 atom stereocenters. The second-order valence-corrected chi connectivity index (χ2v) is 3.49. The van der Waals surface area contributed by atoms with Crippen molar-refractivity contribution in [3.63, 3.8) is 0 Å². The van der Waals surface area contributed by atoms with E-state index >= 15 is 0 Å². The first kappa shape index (κ1) is 9.71. The molecule has 0 amide bonds. The van der Waals surface area contributed by atoms with Crippen molar-refractivity contribution in [1.82, 2.24) is 20.2 Å². The Labute approximate surface area is 95.7 Å². The van der Waals surface area contributed by atoms with Crippen LogP contribution in [0.1, 0.15) is 0 Å². The Kier molecular flexibility index (Phi) is 2.18. The SMILES string of the molecule is Fc1cc2[nH]cnc2cc1Nc1cccnn1. The molecule has 0 saturated heterocycles. The molecule has 0 aliphatic rings. The summed E-state index contributed by atoms with van der Waals surface area (Å²) in [5, 5.41) is 10.4. The summed E-state index contributed by atoms with van der Waals surface area (Å²) in [5.74, 6) is 0.119. The van der Waals surface area contributed by atoms with E-state index in [1.54, 1.807) is 24.4 Å². The molecule has 2 heterocycles. The maximum atomic E-state index is 13.7. The fourth-order valence-electron chi connectivity index (χ4n) is 1.56. The number of aromatic amines is 1. The highest BCUT2D eigenvalue weighted by Crippen LogP contribution is 2.22. The number of nitrogens with zero attached hydrogens (tertiary/aromatic N) is 3. The van der Waals surface area contributed by atoms with Crippen LogP contribution in [0.3, 0.4) is 0 Å². The molecule has 17 heavy (non-hydrogen) atoms. The Hall–Kier alpha value is -2.50. The molecule has 2 aromatic heterocycles. The van der Waals surface area contributed by atoms with E-state index in [4.69, 9.17) is 0 Å². The van der Waals surface area contributed by atoms with Crippen molar-refractivity contribution < 1.29 is 4.39 Å². The summed E-state index contributed by atoms with van der Waals surface area (Å²) in [4.78, 5) is 6.91. The second kappa shape index (κ2) is 3.82. The minimum absolute atomic E-state index is 0.324. The average molecular weight is 229 g/mol. The molecule has 0 bridgehead atoms. The van der Waals surface area contributed by atoms with Crippen molar-refractivity contribution in [2.45, 2.75) is 0 Å². The highest BCUT2D eigenvalue weighted by atomic mass is 19.1. The molecular weight excluding hydrogens is 221 g/mol. The predicted octanol–water partition coefficient (Wildman–Crippen LogP) is 2.24. The predicted molar refractivity (Wildman–Crippen MR) is 61.4 cm³/mol. The highest BCUT2D eigenvalue weighted by molar-refractivity contribution is 5.80. The maximum Gasteiger partial charge on any atom is 0.153 e. The van der Waals surface area contributed by atoms with Gasteiger partial charge in [0, 0.05) is 12.3 Å². The molecule has 0 fully saturated rings. The van der Waals surface area contributed by atoms with Gasteiger partial charge in [-0.25, -0.2) is 9.37 Å². The Balaban J connectivity index is 2.02. The van der Waals surface area contributed by atoms with Crippen LogP contribution in [0.5, 0.6) is 0 Å². The third-order valence-electron chi connectivity index (χ3n) is 2.34. The minimum atomic E-state index is -0.368. The quantitative estimate of drug-likeness (QED) is 0.707. The van der Waals surface area contributed by atoms with Gasteiger partial charge in [0.1, 0.15) is 5.82 Å². The third kappa shape index (κ3) is 1.80. The summed E-state index contributed by atoms with van der Waals surface area (Å²) in [6.45, 7) is 0. The summed E-state index contributed by atoms with van der Waals surface area (Å²) in [6, 6.07) is 6.44. The number of fused-ring (bicyclic) bond motifs is 1. The zero-order chi connectivity index (χ0) is 11.7. The summed E-state index contributed by atoms with van der Waals surface area (Å²) in [7, 11) is 0. The van der Waals surface area contributed by atoms with Crippen LogP contribution < -0.4 is 5.32 Å². The van der Waals surface area contributed by atoms with E-state index < -0.39 is 0 Å². The van der Waals surface area contributed by atoms with Gasteiger partial charge in [-0.1, -0.05) is 0 Å². The Morgan fingerprint density at radius 3 is 3.06 bits per heavy atom. The Morgan fingerprint density at radius 2 is 2.24 bits per heavy atom. The number of halogens is 1. The van der Waals surface area contributed by atoms with Crippen LogP contribution in [-0.2, 0) is 0 Å². The van der Waals surface area contributed by atoms with E-state index in [0.29, 0.717) is 22.5 Å². The number of nitrogens with one attached hydrogen (secondary N) is 2. The lowest BCUT2D eigenvalue weighted by Gasteiger charge is -2.05. The van der Waals surface area contributed by atoms with Crippen LogP contribution in [0.15, 0.2) is 36.8 Å². The zero-order valence-electron chi connectivity index (χ0n) is 8.68. The van der Waals surface area contributed by atoms with Crippen LogP contribution in [0.4, 0.5) is 15.9 Å². The van der Waals surface area contributed by atoms with Gasteiger partial charge in [-0.2, -0.15) is 5.10 Å². The fourth-order valence-corrected chi connectivity index (χ4v) is 1.56. The van der Waals surface area contributed by atoms with E-state index in [1.165, 1.54) is 12.4 Å². The first-order valence-corrected chi connectivity index (χ1v) is 5.00. The van der Waals surface area contributed by atoms with Crippen LogP contribution >= 0.6 is 0 Å². The maximum absolute atomic E-state index is 13.7. The van der Waals surface area contributed by atoms with Gasteiger partial charge >= 0.3 is 0 Å². The lowest BCUT2D eigenvalue weighted by Crippen LogP contribution is -1.97. The second-order valence-electron chi connectivity index (χ2n) is 3.49. The molecule has 5 nitrogen and oxygen atoms in total. The number of anilines is 2. The normalized spacial score (nSPS) is 10.6. The first-order valence-electron chi connectivity index (χ1n) is 5.00. The van der Waals surface area contributed by atoms with Gasteiger partial charge in [0.25, 0.3) is 0 Å². The molecule has 2 N–H and O–H groups in total. The van der Waals surface area contributed by atoms with Gasteiger partial charge < -0.3 is 10.3 Å². The zero-order valence-corrected chi connectivity index (χ0v) is 8.68. The molecule has 3 rings (SSSR count). The molecule has 0 saturated carbocycles. The number of imidazole rings is 1. The Morgan fingerprint density at radius 1 is 1.29 bits per heavy atom. The van der Waals surface area contributed by atoms with Gasteiger partial charge in [-0.3, -0.25) is 0 Å². The number of hydrogen-bond acceptors (Lipinski definition) is 4. The van der Waals surface area contributed by atoms with Crippen LogP contribution in [-0.4, -0.2) is 20.2 Å². The van der Waals surface area contributed by atoms with Gasteiger partial charge in [-0.15, -0.1) is 5.10 Å². The molecule has 0 radical (unpaired) electrons. The fraction of sp³-hybridized carbons (Fsp3) is 0. The molecule has 6 heteroatoms. The molecule has 0 spiro atoms. The molecule has 1 aromatic carbocycles. The number of hydrogen-bond donors (Lipinski definition) is 2. The van der Waals surface area contributed by atoms with Crippen molar-refractivity contribution in [2.24, 2.45) is 0 Å². The standard InChI is InChI=1S/C11H8FN5/c12-7-4-9-10(14-6-13-9)5-8(7)16-11-2-1-3-15-17-11/h1-6H,(H,13,14)(H,16,17). The Bertz CT molecular complexity index is 649. The first-order chi connectivity index (χ1) is 8.33. The van der Waals surface area contributed by atoms with E-state index in [1.807, 2.05) is 0 Å². The van der Waals surface area contributed by atoms with Gasteiger partial charge in [0.05, 0.1) is 23.0 Å². The molecular formula is C11H8FN5. The highest BCUT2D eigenvalue weighted by Gasteiger charge is 2.07. The number of H-pyrrole nitrogens is 1. The van der Waals surface area contributed by atoms with Gasteiger partial charge in [0.15, 0.2) is 5.82 Å². The lowest BCUT2D eigenvalue weighted by molar-refractivity contribution is 0.633. The molecule has 0 unspecified atom stereocenters. The summed E-state index contributed by atoms with van der Waals surface area (Å²) >= 11 is 0. The van der Waals surface area contributed by atoms with Crippen LogP contribution in [0, 0.1) is 5.82 Å². The molecule has 0 aliphatic carbocycles. The number of rotatable bonds is 2. The molecule has 0 aliphatic heterocycles. The van der Waals surface area contributed by atoms with Crippen molar-refractivity contribution >= 4 is 22.5 Å². The van der Waals surface area contributed by atoms with E-state index in [0.717, 1.165) is 0 Å². The van der Waals surface area contributed by atoms with Crippen molar-refractivity contribution in [2.75, 3.05) is 5.32 Å². The number of benzene rings is 1. The van der Waals surface area contributed by atoms with E-state index in [2.05, 4.69) is 25.5 Å². The van der Waals surface area contributed by atoms with Crippen molar-refractivity contribution in [1.29, 1.82) is 0 Å². The topological polar surface area (TPSA) is 66.5 Å². The summed E-state index contributed by atoms with van der Waals surface area (Å²) < 4.78 is 13.7.